The van der Waals surface area contributed by atoms with E-state index in [-0.39, 0.29) is 11.7 Å². The fraction of sp³-hybridized carbons (Fsp3) is 0.500. The van der Waals surface area contributed by atoms with Gasteiger partial charge in [-0.1, -0.05) is 0 Å². The van der Waals surface area contributed by atoms with Crippen molar-refractivity contribution in [1.29, 1.82) is 0 Å². The molecule has 2 saturated heterocycles. The Morgan fingerprint density at radius 3 is 2.67 bits per heavy atom. The van der Waals surface area contributed by atoms with E-state index in [0.717, 1.165) is 19.5 Å². The number of aromatic hydroxyl groups is 1. The molecule has 2 aliphatic rings. The van der Waals surface area contributed by atoms with Crippen molar-refractivity contribution in [2.45, 2.75) is 31.3 Å². The Balaban J connectivity index is 1.74. The van der Waals surface area contributed by atoms with Gasteiger partial charge in [0.05, 0.1) is 0 Å². The Morgan fingerprint density at radius 2 is 1.89 bits per heavy atom. The summed E-state index contributed by atoms with van der Waals surface area (Å²) in [6.07, 6.45) is 3.45. The number of nitrogens with zero attached hydrogens (tertiary/aromatic N) is 1. The number of fused-ring (bicyclic) bond motifs is 2. The average Bonchev–Trinajstić information content (AvgIpc) is 2.69. The van der Waals surface area contributed by atoms with Crippen LogP contribution in [-0.4, -0.2) is 41.1 Å². The third-order valence-corrected chi connectivity index (χ3v) is 3.92. The summed E-state index contributed by atoms with van der Waals surface area (Å²) in [5.41, 5.74) is 0.658. The molecule has 0 aromatic heterocycles. The number of phenolic OH excluding ortho intramolecular Hbond substituents is 1. The smallest absolute Gasteiger partial charge is 0.253 e. The number of amides is 1. The van der Waals surface area contributed by atoms with E-state index in [1.165, 1.54) is 12.8 Å². The lowest BCUT2D eigenvalue weighted by atomic mass is 10.1. The summed E-state index contributed by atoms with van der Waals surface area (Å²) in [7, 11) is 0. The first kappa shape index (κ1) is 11.5. The molecule has 2 bridgehead atoms. The minimum atomic E-state index is 0.0735. The highest BCUT2D eigenvalue weighted by Crippen LogP contribution is 2.22. The predicted octanol–water partition coefficient (Wildman–Crippen LogP) is 1.36. The Hall–Kier alpha value is -1.55. The van der Waals surface area contributed by atoms with E-state index < -0.39 is 0 Å². The molecule has 0 spiro atoms. The zero-order valence-corrected chi connectivity index (χ0v) is 10.3. The zero-order chi connectivity index (χ0) is 12.5. The number of nitrogens with one attached hydrogen (secondary N) is 1. The van der Waals surface area contributed by atoms with Crippen LogP contribution in [0, 0.1) is 0 Å². The third kappa shape index (κ3) is 2.20. The number of phenols is 1. The van der Waals surface area contributed by atoms with Crippen LogP contribution in [0.1, 0.15) is 29.6 Å². The molecule has 1 aromatic carbocycles. The van der Waals surface area contributed by atoms with Gasteiger partial charge in [0.1, 0.15) is 5.75 Å². The van der Waals surface area contributed by atoms with Gasteiger partial charge in [0.2, 0.25) is 0 Å². The lowest BCUT2D eigenvalue weighted by Crippen LogP contribution is -2.39. The number of hydrogen-bond donors (Lipinski definition) is 2. The van der Waals surface area contributed by atoms with Crippen LogP contribution in [0.15, 0.2) is 24.3 Å². The van der Waals surface area contributed by atoms with E-state index in [2.05, 4.69) is 5.32 Å². The van der Waals surface area contributed by atoms with Crippen molar-refractivity contribution in [2.75, 3.05) is 13.1 Å². The van der Waals surface area contributed by atoms with Gasteiger partial charge >= 0.3 is 0 Å². The van der Waals surface area contributed by atoms with Gasteiger partial charge in [-0.05, 0) is 43.5 Å². The number of carbonyl (C=O) groups is 1. The molecule has 0 radical (unpaired) electrons. The molecule has 3 rings (SSSR count). The zero-order valence-electron chi connectivity index (χ0n) is 10.3. The number of likely N-dealkylation sites (tertiary alicyclic amines) is 1. The van der Waals surface area contributed by atoms with E-state index in [0.29, 0.717) is 17.6 Å². The maximum Gasteiger partial charge on any atom is 0.253 e. The first-order valence-corrected chi connectivity index (χ1v) is 6.57. The molecule has 1 aromatic rings. The minimum absolute atomic E-state index is 0.0735. The Bertz CT molecular complexity index is 444. The van der Waals surface area contributed by atoms with Crippen LogP contribution in [0.5, 0.6) is 5.75 Å². The van der Waals surface area contributed by atoms with Crippen molar-refractivity contribution in [2.24, 2.45) is 0 Å². The SMILES string of the molecule is O=C(c1ccc(O)cc1)N1CCC2CCC(C1)N2. The Kier molecular flexibility index (Phi) is 2.96. The van der Waals surface area contributed by atoms with Crippen molar-refractivity contribution >= 4 is 5.91 Å². The number of carbonyl (C=O) groups excluding carboxylic acids is 1. The summed E-state index contributed by atoms with van der Waals surface area (Å²) < 4.78 is 0. The highest BCUT2D eigenvalue weighted by atomic mass is 16.3. The molecular formula is C14H18N2O2. The maximum absolute atomic E-state index is 12.4. The largest absolute Gasteiger partial charge is 0.508 e. The summed E-state index contributed by atoms with van der Waals surface area (Å²) in [6, 6.07) is 7.55. The van der Waals surface area contributed by atoms with E-state index in [4.69, 9.17) is 0 Å². The molecule has 2 atom stereocenters. The van der Waals surface area contributed by atoms with Gasteiger partial charge in [-0.2, -0.15) is 0 Å². The minimum Gasteiger partial charge on any atom is -0.508 e. The van der Waals surface area contributed by atoms with E-state index in [1.807, 2.05) is 4.90 Å². The van der Waals surface area contributed by atoms with E-state index >= 15 is 0 Å². The first-order chi connectivity index (χ1) is 8.72. The van der Waals surface area contributed by atoms with Gasteiger partial charge < -0.3 is 15.3 Å². The Labute approximate surface area is 107 Å². The molecule has 2 heterocycles. The van der Waals surface area contributed by atoms with Crippen LogP contribution in [0.2, 0.25) is 0 Å². The molecule has 4 heteroatoms. The second kappa shape index (κ2) is 4.61. The molecule has 2 fully saturated rings. The van der Waals surface area contributed by atoms with Crippen molar-refractivity contribution in [3.8, 4) is 5.75 Å². The Morgan fingerprint density at radius 1 is 1.17 bits per heavy atom. The van der Waals surface area contributed by atoms with Gasteiger partial charge in [-0.25, -0.2) is 0 Å². The van der Waals surface area contributed by atoms with Gasteiger partial charge in [-0.15, -0.1) is 0 Å². The summed E-state index contributed by atoms with van der Waals surface area (Å²) in [5.74, 6) is 0.271. The molecule has 2 unspecified atom stereocenters. The van der Waals surface area contributed by atoms with Crippen molar-refractivity contribution in [3.05, 3.63) is 29.8 Å². The quantitative estimate of drug-likeness (QED) is 0.786. The van der Waals surface area contributed by atoms with Crippen molar-refractivity contribution < 1.29 is 9.90 Å². The molecule has 1 amide bonds. The highest BCUT2D eigenvalue weighted by Gasteiger charge is 2.31. The second-order valence-corrected chi connectivity index (χ2v) is 5.22. The van der Waals surface area contributed by atoms with Crippen LogP contribution in [0.3, 0.4) is 0 Å². The van der Waals surface area contributed by atoms with Gasteiger partial charge in [-0.3, -0.25) is 4.79 Å². The van der Waals surface area contributed by atoms with Gasteiger partial charge in [0.25, 0.3) is 5.91 Å². The van der Waals surface area contributed by atoms with E-state index in [1.54, 1.807) is 24.3 Å². The molecule has 2 N–H and O–H groups in total. The summed E-state index contributed by atoms with van der Waals surface area (Å²) >= 11 is 0. The van der Waals surface area contributed by atoms with E-state index in [9.17, 15) is 9.90 Å². The van der Waals surface area contributed by atoms with Crippen LogP contribution < -0.4 is 5.32 Å². The standard InChI is InChI=1S/C14H18N2O2/c17-13-5-1-10(2-6-13)14(18)16-8-7-11-3-4-12(9-16)15-11/h1-2,5-6,11-12,15,17H,3-4,7-9H2. The maximum atomic E-state index is 12.4. The molecule has 0 saturated carbocycles. The molecule has 0 aliphatic carbocycles. The fourth-order valence-electron chi connectivity index (χ4n) is 2.91. The van der Waals surface area contributed by atoms with Gasteiger partial charge in [0, 0.05) is 30.7 Å². The van der Waals surface area contributed by atoms with Crippen LogP contribution in [0.25, 0.3) is 0 Å². The second-order valence-electron chi connectivity index (χ2n) is 5.22. The van der Waals surface area contributed by atoms with Crippen LogP contribution >= 0.6 is 0 Å². The topological polar surface area (TPSA) is 52.6 Å². The fourth-order valence-corrected chi connectivity index (χ4v) is 2.91. The number of rotatable bonds is 1. The summed E-state index contributed by atoms with van der Waals surface area (Å²) in [6.45, 7) is 1.63. The normalized spacial score (nSPS) is 27.0. The van der Waals surface area contributed by atoms with Crippen molar-refractivity contribution in [3.63, 3.8) is 0 Å². The van der Waals surface area contributed by atoms with Gasteiger partial charge in [0.15, 0.2) is 0 Å². The number of benzene rings is 1. The third-order valence-electron chi connectivity index (χ3n) is 3.92. The monoisotopic (exact) mass is 246 g/mol. The lowest BCUT2D eigenvalue weighted by molar-refractivity contribution is 0.0748. The lowest BCUT2D eigenvalue weighted by Gasteiger charge is -2.24. The summed E-state index contributed by atoms with van der Waals surface area (Å²) in [5, 5.41) is 12.8. The molecule has 18 heavy (non-hydrogen) atoms. The van der Waals surface area contributed by atoms with Crippen molar-refractivity contribution in [1.82, 2.24) is 10.2 Å². The summed E-state index contributed by atoms with van der Waals surface area (Å²) in [4.78, 5) is 14.3. The van der Waals surface area contributed by atoms with Crippen LogP contribution in [-0.2, 0) is 0 Å². The van der Waals surface area contributed by atoms with Crippen LogP contribution in [0.4, 0.5) is 0 Å². The molecule has 2 aliphatic heterocycles. The highest BCUT2D eigenvalue weighted by molar-refractivity contribution is 5.94. The number of hydrogen-bond acceptors (Lipinski definition) is 3. The first-order valence-electron chi connectivity index (χ1n) is 6.57. The molecule has 4 nitrogen and oxygen atoms in total. The molecular weight excluding hydrogens is 228 g/mol. The molecule has 96 valence electrons. The average molecular weight is 246 g/mol. The predicted molar refractivity (Wildman–Crippen MR) is 68.6 cm³/mol.